The van der Waals surface area contributed by atoms with Crippen molar-refractivity contribution in [1.29, 1.82) is 0 Å². The van der Waals surface area contributed by atoms with E-state index in [0.717, 1.165) is 51.3 Å². The van der Waals surface area contributed by atoms with Gasteiger partial charge in [-0.05, 0) is 60.2 Å². The van der Waals surface area contributed by atoms with E-state index in [1.807, 2.05) is 24.5 Å². The number of anilines is 2. The number of aromatic amines is 1. The molecule has 2 aromatic heterocycles. The SMILES string of the molecule is O=c1cc(N2CCOC(c3cccc4c3Oc3ccc(NCc5cncc(C6CC6)c5)cc3S4)C2)cc[nH]1. The van der Waals surface area contributed by atoms with E-state index in [2.05, 4.69) is 56.6 Å². The first kappa shape index (κ1) is 23.4. The number of rotatable bonds is 6. The molecule has 2 fully saturated rings. The number of hydrogen-bond acceptors (Lipinski definition) is 7. The molecule has 4 heterocycles. The van der Waals surface area contributed by atoms with Crippen LogP contribution >= 0.6 is 11.8 Å². The lowest BCUT2D eigenvalue weighted by Crippen LogP contribution is -2.39. The molecular weight excluding hydrogens is 496 g/mol. The van der Waals surface area contributed by atoms with Crippen molar-refractivity contribution in [2.45, 2.75) is 41.2 Å². The zero-order valence-electron chi connectivity index (χ0n) is 20.9. The van der Waals surface area contributed by atoms with Crippen molar-refractivity contribution in [2.24, 2.45) is 0 Å². The van der Waals surface area contributed by atoms with Gasteiger partial charge in [0.1, 0.15) is 17.6 Å². The van der Waals surface area contributed by atoms with Crippen molar-refractivity contribution in [1.82, 2.24) is 9.97 Å². The number of fused-ring (bicyclic) bond motifs is 2. The van der Waals surface area contributed by atoms with Gasteiger partial charge in [-0.25, -0.2) is 0 Å². The summed E-state index contributed by atoms with van der Waals surface area (Å²) in [6.07, 6.45) is 8.04. The van der Waals surface area contributed by atoms with Crippen molar-refractivity contribution >= 4 is 23.1 Å². The predicted octanol–water partition coefficient (Wildman–Crippen LogP) is 6.09. The number of aromatic nitrogens is 2. The smallest absolute Gasteiger partial charge is 0.249 e. The van der Waals surface area contributed by atoms with Crippen LogP contribution in [0.25, 0.3) is 0 Å². The second-order valence-electron chi connectivity index (χ2n) is 10.0. The second-order valence-corrected chi connectivity index (χ2v) is 11.1. The Bertz CT molecular complexity index is 1550. The van der Waals surface area contributed by atoms with Crippen LogP contribution in [0.1, 0.15) is 41.6 Å². The standard InChI is InChI=1S/C30H28N4O3S/c35-29-14-23(8-9-32-29)34-10-11-36-26(18-34)24-2-1-3-27-30(24)37-25-7-6-22(13-28(25)38-27)33-16-19-12-21(17-31-15-19)20-4-5-20/h1-3,6-9,12-15,17,20,26,33H,4-5,10-11,16,18H2,(H,32,35). The summed E-state index contributed by atoms with van der Waals surface area (Å²) in [5, 5.41) is 3.55. The number of benzene rings is 2. The Hall–Kier alpha value is -3.75. The minimum atomic E-state index is -0.152. The summed E-state index contributed by atoms with van der Waals surface area (Å²) in [5.41, 5.74) is 5.45. The maximum absolute atomic E-state index is 11.8. The van der Waals surface area contributed by atoms with Gasteiger partial charge >= 0.3 is 0 Å². The highest BCUT2D eigenvalue weighted by molar-refractivity contribution is 7.99. The minimum absolute atomic E-state index is 0.101. The Labute approximate surface area is 225 Å². The van der Waals surface area contributed by atoms with Gasteiger partial charge in [0, 0.05) is 61.2 Å². The van der Waals surface area contributed by atoms with Crippen molar-refractivity contribution in [3.63, 3.8) is 0 Å². The van der Waals surface area contributed by atoms with Crippen LogP contribution < -0.4 is 20.5 Å². The number of hydrogen-bond donors (Lipinski definition) is 2. The van der Waals surface area contributed by atoms with Crippen molar-refractivity contribution < 1.29 is 9.47 Å². The van der Waals surface area contributed by atoms with Gasteiger partial charge in [-0.3, -0.25) is 9.78 Å². The Morgan fingerprint density at radius 1 is 1.08 bits per heavy atom. The van der Waals surface area contributed by atoms with Gasteiger partial charge in [-0.15, -0.1) is 0 Å². The molecule has 0 radical (unpaired) electrons. The Balaban J connectivity index is 1.08. The third-order valence-electron chi connectivity index (χ3n) is 7.28. The average molecular weight is 525 g/mol. The normalized spacial score (nSPS) is 18.3. The molecule has 1 unspecified atom stereocenters. The second kappa shape index (κ2) is 9.85. The van der Waals surface area contributed by atoms with Gasteiger partial charge < -0.3 is 24.7 Å². The minimum Gasteiger partial charge on any atom is -0.455 e. The van der Waals surface area contributed by atoms with Crippen LogP contribution in [-0.2, 0) is 11.3 Å². The molecule has 1 saturated carbocycles. The van der Waals surface area contributed by atoms with E-state index in [9.17, 15) is 4.79 Å². The maximum atomic E-state index is 11.8. The Morgan fingerprint density at radius 2 is 2.03 bits per heavy atom. The van der Waals surface area contributed by atoms with Crippen LogP contribution in [0.15, 0.2) is 87.8 Å². The first-order valence-corrected chi connectivity index (χ1v) is 13.9. The molecule has 2 N–H and O–H groups in total. The molecule has 7 nitrogen and oxygen atoms in total. The van der Waals surface area contributed by atoms with Gasteiger partial charge in [0.25, 0.3) is 0 Å². The molecule has 2 aromatic carbocycles. The first-order chi connectivity index (χ1) is 18.7. The molecule has 38 heavy (non-hydrogen) atoms. The molecule has 0 bridgehead atoms. The molecule has 1 atom stereocenters. The van der Waals surface area contributed by atoms with Gasteiger partial charge in [0.05, 0.1) is 16.4 Å². The highest BCUT2D eigenvalue weighted by atomic mass is 32.2. The summed E-state index contributed by atoms with van der Waals surface area (Å²) < 4.78 is 12.7. The van der Waals surface area contributed by atoms with E-state index in [0.29, 0.717) is 19.1 Å². The zero-order valence-corrected chi connectivity index (χ0v) is 21.7. The molecule has 2 aliphatic heterocycles. The quantitative estimate of drug-likeness (QED) is 0.278. The van der Waals surface area contributed by atoms with E-state index in [1.54, 1.807) is 24.0 Å². The Kier molecular flexibility index (Phi) is 6.06. The molecule has 3 aliphatic rings. The van der Waals surface area contributed by atoms with Crippen LogP contribution in [-0.4, -0.2) is 29.7 Å². The van der Waals surface area contributed by atoms with Gasteiger partial charge in [0.2, 0.25) is 5.56 Å². The van der Waals surface area contributed by atoms with E-state index in [1.165, 1.54) is 24.0 Å². The van der Waals surface area contributed by atoms with Crippen LogP contribution in [0.3, 0.4) is 0 Å². The maximum Gasteiger partial charge on any atom is 0.249 e. The number of pyridine rings is 2. The van der Waals surface area contributed by atoms with Gasteiger partial charge in [0.15, 0.2) is 0 Å². The van der Waals surface area contributed by atoms with Crippen molar-refractivity contribution in [3.8, 4) is 11.5 Å². The molecule has 1 aliphatic carbocycles. The summed E-state index contributed by atoms with van der Waals surface area (Å²) in [4.78, 5) is 23.3. The van der Waals surface area contributed by atoms with E-state index < -0.39 is 0 Å². The summed E-state index contributed by atoms with van der Waals surface area (Å²) in [6.45, 7) is 2.71. The van der Waals surface area contributed by atoms with Crippen LogP contribution in [0.2, 0.25) is 0 Å². The van der Waals surface area contributed by atoms with Gasteiger partial charge in [-0.1, -0.05) is 30.0 Å². The summed E-state index contributed by atoms with van der Waals surface area (Å²) in [5.74, 6) is 2.40. The van der Waals surface area contributed by atoms with Crippen LogP contribution in [0.4, 0.5) is 11.4 Å². The fourth-order valence-electron chi connectivity index (χ4n) is 5.14. The van der Waals surface area contributed by atoms with Crippen LogP contribution in [0.5, 0.6) is 11.5 Å². The van der Waals surface area contributed by atoms with Gasteiger partial charge in [-0.2, -0.15) is 0 Å². The zero-order chi connectivity index (χ0) is 25.5. The molecule has 0 spiro atoms. The fourth-order valence-corrected chi connectivity index (χ4v) is 6.17. The van der Waals surface area contributed by atoms with E-state index in [-0.39, 0.29) is 11.7 Å². The molecule has 4 aromatic rings. The molecule has 1 saturated heterocycles. The first-order valence-electron chi connectivity index (χ1n) is 13.1. The van der Waals surface area contributed by atoms with E-state index >= 15 is 0 Å². The molecule has 7 rings (SSSR count). The monoisotopic (exact) mass is 524 g/mol. The summed E-state index contributed by atoms with van der Waals surface area (Å²) in [7, 11) is 0. The predicted molar refractivity (Wildman–Crippen MR) is 149 cm³/mol. The Morgan fingerprint density at radius 3 is 2.92 bits per heavy atom. The molecule has 8 heteroatoms. The van der Waals surface area contributed by atoms with E-state index in [4.69, 9.17) is 9.47 Å². The lowest BCUT2D eigenvalue weighted by molar-refractivity contribution is 0.0383. The molecular formula is C30H28N4O3S. The summed E-state index contributed by atoms with van der Waals surface area (Å²) in [6, 6.07) is 18.3. The largest absolute Gasteiger partial charge is 0.455 e. The number of morpholine rings is 1. The molecule has 192 valence electrons. The van der Waals surface area contributed by atoms with Crippen LogP contribution in [0, 0.1) is 0 Å². The number of H-pyrrole nitrogens is 1. The number of nitrogens with zero attached hydrogens (tertiary/aromatic N) is 2. The number of para-hydroxylation sites is 1. The number of nitrogens with one attached hydrogen (secondary N) is 2. The third-order valence-corrected chi connectivity index (χ3v) is 8.36. The lowest BCUT2D eigenvalue weighted by atomic mass is 10.1. The van der Waals surface area contributed by atoms with Crippen molar-refractivity contribution in [2.75, 3.05) is 29.9 Å². The highest BCUT2D eigenvalue weighted by Gasteiger charge is 2.29. The third kappa shape index (κ3) is 4.77. The van der Waals surface area contributed by atoms with Crippen molar-refractivity contribution in [3.05, 3.63) is 100 Å². The fraction of sp³-hybridized carbons (Fsp3) is 0.267. The summed E-state index contributed by atoms with van der Waals surface area (Å²) >= 11 is 1.72. The number of ether oxygens (including phenoxy) is 2. The molecule has 0 amide bonds. The average Bonchev–Trinajstić information content (AvgIpc) is 3.81. The topological polar surface area (TPSA) is 79.5 Å². The lowest BCUT2D eigenvalue weighted by Gasteiger charge is -2.35. The highest BCUT2D eigenvalue weighted by Crippen LogP contribution is 2.51.